The first kappa shape index (κ1) is 8.83. The Hall–Kier alpha value is -0.260. The molecule has 1 heterocycles. The maximum absolute atomic E-state index is 9.19. The Balaban J connectivity index is 2.70. The van der Waals surface area contributed by atoms with E-state index in [-0.39, 0.29) is 17.4 Å². The van der Waals surface area contributed by atoms with Crippen LogP contribution in [0.1, 0.15) is 6.92 Å². The summed E-state index contributed by atoms with van der Waals surface area (Å²) in [7, 11) is 0. The van der Waals surface area contributed by atoms with Crippen molar-refractivity contribution in [3.63, 3.8) is 0 Å². The molecule has 0 saturated carbocycles. The summed E-state index contributed by atoms with van der Waals surface area (Å²) in [5.41, 5.74) is 0. The van der Waals surface area contributed by atoms with Crippen LogP contribution in [0, 0.1) is 0 Å². The Morgan fingerprint density at radius 1 is 1.82 bits per heavy atom. The standard InChI is InChI=1S/C6H11BrN2O2/c1-2-8-3-5(10)4-9(11)6(8)7/h3,6,10-11H,2,4H2,1H3. The summed E-state index contributed by atoms with van der Waals surface area (Å²) in [6, 6.07) is 0. The van der Waals surface area contributed by atoms with Crippen molar-refractivity contribution >= 4 is 15.9 Å². The number of nitrogens with zero attached hydrogens (tertiary/aromatic N) is 2. The third-order valence-electron chi connectivity index (χ3n) is 1.52. The van der Waals surface area contributed by atoms with E-state index < -0.39 is 0 Å². The summed E-state index contributed by atoms with van der Waals surface area (Å²) in [6.07, 6.45) is 1.62. The Morgan fingerprint density at radius 3 is 3.00 bits per heavy atom. The van der Waals surface area contributed by atoms with Gasteiger partial charge in [-0.1, -0.05) is 0 Å². The van der Waals surface area contributed by atoms with E-state index >= 15 is 0 Å². The van der Waals surface area contributed by atoms with Gasteiger partial charge in [-0.05, 0) is 22.9 Å². The average Bonchev–Trinajstić information content (AvgIpc) is 1.96. The number of aliphatic hydroxyl groups excluding tert-OH is 1. The van der Waals surface area contributed by atoms with Gasteiger partial charge in [0.05, 0.1) is 6.54 Å². The Kier molecular flexibility index (Phi) is 2.75. The van der Waals surface area contributed by atoms with Gasteiger partial charge in [0.2, 0.25) is 0 Å². The van der Waals surface area contributed by atoms with Gasteiger partial charge in [-0.25, -0.2) is 0 Å². The first-order chi connectivity index (χ1) is 5.15. The number of alkyl halides is 1. The van der Waals surface area contributed by atoms with Gasteiger partial charge in [-0.2, -0.15) is 5.06 Å². The van der Waals surface area contributed by atoms with Crippen LogP contribution < -0.4 is 0 Å². The van der Waals surface area contributed by atoms with Crippen molar-refractivity contribution in [1.29, 1.82) is 0 Å². The van der Waals surface area contributed by atoms with Crippen molar-refractivity contribution in [3.8, 4) is 0 Å². The van der Waals surface area contributed by atoms with Crippen LogP contribution in [-0.2, 0) is 0 Å². The second-order valence-corrected chi connectivity index (χ2v) is 3.18. The minimum atomic E-state index is -0.233. The summed E-state index contributed by atoms with van der Waals surface area (Å²) >= 11 is 3.25. The quantitative estimate of drug-likeness (QED) is 0.516. The molecule has 11 heavy (non-hydrogen) atoms. The van der Waals surface area contributed by atoms with E-state index in [0.717, 1.165) is 11.6 Å². The second kappa shape index (κ2) is 3.42. The molecule has 4 nitrogen and oxygen atoms in total. The lowest BCUT2D eigenvalue weighted by Gasteiger charge is -2.34. The smallest absolute Gasteiger partial charge is 0.162 e. The fourth-order valence-corrected chi connectivity index (χ4v) is 1.50. The summed E-state index contributed by atoms with van der Waals surface area (Å²) < 4.78 is 0. The van der Waals surface area contributed by atoms with E-state index in [4.69, 9.17) is 5.11 Å². The third kappa shape index (κ3) is 1.85. The molecule has 0 aromatic carbocycles. The predicted molar refractivity (Wildman–Crippen MR) is 44.3 cm³/mol. The van der Waals surface area contributed by atoms with Gasteiger partial charge in [0.15, 0.2) is 5.08 Å². The second-order valence-electron chi connectivity index (χ2n) is 2.36. The van der Waals surface area contributed by atoms with E-state index in [0.29, 0.717) is 0 Å². The fraction of sp³-hybridized carbons (Fsp3) is 0.667. The first-order valence-corrected chi connectivity index (χ1v) is 4.31. The lowest BCUT2D eigenvalue weighted by Crippen LogP contribution is -2.44. The van der Waals surface area contributed by atoms with Crippen LogP contribution in [-0.4, -0.2) is 38.4 Å². The van der Waals surface area contributed by atoms with E-state index in [2.05, 4.69) is 15.9 Å². The van der Waals surface area contributed by atoms with Gasteiger partial charge in [-0.15, -0.1) is 0 Å². The first-order valence-electron chi connectivity index (χ1n) is 3.40. The zero-order valence-electron chi connectivity index (χ0n) is 6.24. The maximum Gasteiger partial charge on any atom is 0.162 e. The number of rotatable bonds is 1. The van der Waals surface area contributed by atoms with Crippen molar-refractivity contribution < 1.29 is 10.3 Å². The number of halogens is 1. The van der Waals surface area contributed by atoms with E-state index in [1.165, 1.54) is 0 Å². The predicted octanol–water partition coefficient (Wildman–Crippen LogP) is 1.09. The summed E-state index contributed by atoms with van der Waals surface area (Å²) in [5, 5.41) is 19.1. The highest BCUT2D eigenvalue weighted by Crippen LogP contribution is 2.17. The molecular formula is C6H11BrN2O2. The SMILES string of the molecule is CCN1C=C(O)CN(O)C1Br. The minimum Gasteiger partial charge on any atom is -0.509 e. The topological polar surface area (TPSA) is 46.9 Å². The van der Waals surface area contributed by atoms with E-state index in [1.807, 2.05) is 6.92 Å². The molecule has 1 rings (SSSR count). The van der Waals surface area contributed by atoms with Crippen LogP contribution in [0.3, 0.4) is 0 Å². The normalized spacial score (nSPS) is 27.0. The van der Waals surface area contributed by atoms with E-state index in [9.17, 15) is 5.21 Å². The fourth-order valence-electron chi connectivity index (χ4n) is 0.948. The molecule has 0 spiro atoms. The Labute approximate surface area is 73.8 Å². The summed E-state index contributed by atoms with van der Waals surface area (Å²) in [5.74, 6) is 0.171. The molecule has 1 aliphatic heterocycles. The average molecular weight is 223 g/mol. The maximum atomic E-state index is 9.19. The van der Waals surface area contributed by atoms with Crippen molar-refractivity contribution in [2.24, 2.45) is 0 Å². The van der Waals surface area contributed by atoms with Crippen LogP contribution in [0.5, 0.6) is 0 Å². The van der Waals surface area contributed by atoms with Crippen molar-refractivity contribution in [2.75, 3.05) is 13.1 Å². The third-order valence-corrected chi connectivity index (χ3v) is 2.52. The minimum absolute atomic E-state index is 0.171. The van der Waals surface area contributed by atoms with Crippen LogP contribution in [0.2, 0.25) is 0 Å². The van der Waals surface area contributed by atoms with Gasteiger partial charge >= 0.3 is 0 Å². The van der Waals surface area contributed by atoms with Crippen LogP contribution in [0.4, 0.5) is 0 Å². The molecule has 0 aromatic heterocycles. The van der Waals surface area contributed by atoms with Crippen LogP contribution in [0.25, 0.3) is 0 Å². The summed E-state index contributed by atoms with van der Waals surface area (Å²) in [6.45, 7) is 2.85. The number of hydrogen-bond donors (Lipinski definition) is 2. The highest BCUT2D eigenvalue weighted by molar-refractivity contribution is 9.09. The highest BCUT2D eigenvalue weighted by atomic mass is 79.9. The van der Waals surface area contributed by atoms with Gasteiger partial charge in [0.1, 0.15) is 5.76 Å². The molecule has 0 fully saturated rings. The number of hydroxylamine groups is 2. The van der Waals surface area contributed by atoms with Crippen LogP contribution in [0.15, 0.2) is 12.0 Å². The van der Waals surface area contributed by atoms with Gasteiger partial charge in [0.25, 0.3) is 0 Å². The van der Waals surface area contributed by atoms with Crippen LogP contribution >= 0.6 is 15.9 Å². The molecule has 64 valence electrons. The van der Waals surface area contributed by atoms with E-state index in [1.54, 1.807) is 11.1 Å². The summed E-state index contributed by atoms with van der Waals surface area (Å²) in [4.78, 5) is 1.78. The lowest BCUT2D eigenvalue weighted by molar-refractivity contribution is -0.135. The van der Waals surface area contributed by atoms with Gasteiger partial charge in [-0.3, -0.25) is 0 Å². The molecule has 0 aliphatic carbocycles. The molecule has 0 radical (unpaired) electrons. The number of aliphatic hydroxyl groups is 1. The zero-order valence-corrected chi connectivity index (χ0v) is 7.82. The largest absolute Gasteiger partial charge is 0.509 e. The molecule has 2 N–H and O–H groups in total. The van der Waals surface area contributed by atoms with Gasteiger partial charge in [0, 0.05) is 12.7 Å². The molecule has 0 aromatic rings. The van der Waals surface area contributed by atoms with Crippen molar-refractivity contribution in [3.05, 3.63) is 12.0 Å². The zero-order chi connectivity index (χ0) is 8.43. The molecule has 1 unspecified atom stereocenters. The van der Waals surface area contributed by atoms with Crippen molar-refractivity contribution in [2.45, 2.75) is 12.0 Å². The Bertz CT molecular complexity index is 174. The highest BCUT2D eigenvalue weighted by Gasteiger charge is 2.23. The Morgan fingerprint density at radius 2 is 2.45 bits per heavy atom. The molecular weight excluding hydrogens is 212 g/mol. The molecule has 1 aliphatic rings. The molecule has 0 amide bonds. The lowest BCUT2D eigenvalue weighted by atomic mass is 10.4. The number of hydrogen-bond acceptors (Lipinski definition) is 4. The van der Waals surface area contributed by atoms with Crippen molar-refractivity contribution in [1.82, 2.24) is 9.96 Å². The van der Waals surface area contributed by atoms with Gasteiger partial charge < -0.3 is 15.2 Å². The molecule has 0 bridgehead atoms. The monoisotopic (exact) mass is 222 g/mol. The molecule has 5 heteroatoms. The molecule has 1 atom stereocenters. The molecule has 0 saturated heterocycles.